The van der Waals surface area contributed by atoms with Crippen LogP contribution < -0.4 is 15.4 Å². The highest BCUT2D eigenvalue weighted by Gasteiger charge is 2.09. The van der Waals surface area contributed by atoms with Gasteiger partial charge in [0.05, 0.1) is 12.8 Å². The molecule has 0 saturated heterocycles. The Morgan fingerprint density at radius 2 is 1.81 bits per heavy atom. The molecule has 0 aliphatic carbocycles. The van der Waals surface area contributed by atoms with Crippen molar-refractivity contribution >= 4 is 17.4 Å². The zero-order chi connectivity index (χ0) is 19.2. The Hall–Kier alpha value is -3.55. The topological polar surface area (TPSA) is 76.1 Å². The second kappa shape index (κ2) is 8.22. The van der Waals surface area contributed by atoms with Crippen LogP contribution in [0.3, 0.4) is 0 Å². The third-order valence-corrected chi connectivity index (χ3v) is 3.70. The van der Waals surface area contributed by atoms with E-state index in [1.54, 1.807) is 19.2 Å². The van der Waals surface area contributed by atoms with Crippen LogP contribution in [0, 0.1) is 11.6 Å². The molecule has 3 rings (SSSR count). The van der Waals surface area contributed by atoms with Crippen molar-refractivity contribution in [3.05, 3.63) is 77.5 Å². The second-order valence-corrected chi connectivity index (χ2v) is 5.58. The van der Waals surface area contributed by atoms with E-state index in [1.807, 2.05) is 12.1 Å². The summed E-state index contributed by atoms with van der Waals surface area (Å²) in [7, 11) is 1.58. The van der Waals surface area contributed by atoms with Gasteiger partial charge in [0.25, 0.3) is 5.91 Å². The van der Waals surface area contributed by atoms with E-state index in [1.165, 1.54) is 18.2 Å². The zero-order valence-electron chi connectivity index (χ0n) is 14.4. The molecule has 0 fully saturated rings. The molecule has 0 saturated carbocycles. The predicted molar refractivity (Wildman–Crippen MR) is 95.8 cm³/mol. The highest BCUT2D eigenvalue weighted by molar-refractivity contribution is 5.92. The van der Waals surface area contributed by atoms with Crippen LogP contribution in [0.5, 0.6) is 5.75 Å². The number of aromatic nitrogens is 2. The van der Waals surface area contributed by atoms with Crippen LogP contribution in [0.4, 0.5) is 20.3 Å². The van der Waals surface area contributed by atoms with Gasteiger partial charge < -0.3 is 15.4 Å². The third-order valence-electron chi connectivity index (χ3n) is 3.70. The monoisotopic (exact) mass is 370 g/mol. The number of anilines is 2. The molecule has 1 amide bonds. The van der Waals surface area contributed by atoms with E-state index in [0.29, 0.717) is 6.54 Å². The number of benzene rings is 2. The number of carbonyl (C=O) groups excluding carboxylic acids is 1. The highest BCUT2D eigenvalue weighted by atomic mass is 19.1. The van der Waals surface area contributed by atoms with Crippen molar-refractivity contribution in [3.8, 4) is 5.75 Å². The lowest BCUT2D eigenvalue weighted by atomic mass is 10.2. The van der Waals surface area contributed by atoms with E-state index in [-0.39, 0.29) is 17.2 Å². The third kappa shape index (κ3) is 4.75. The first kappa shape index (κ1) is 18.2. The van der Waals surface area contributed by atoms with E-state index < -0.39 is 17.5 Å². The van der Waals surface area contributed by atoms with Gasteiger partial charge in [0.1, 0.15) is 17.4 Å². The minimum atomic E-state index is -0.752. The average molecular weight is 370 g/mol. The Labute approximate surface area is 154 Å². The van der Waals surface area contributed by atoms with Crippen LogP contribution in [0.25, 0.3) is 0 Å². The van der Waals surface area contributed by atoms with E-state index in [2.05, 4.69) is 20.8 Å². The number of methoxy groups -OCH3 is 1. The molecule has 6 nitrogen and oxygen atoms in total. The largest absolute Gasteiger partial charge is 0.497 e. The van der Waals surface area contributed by atoms with E-state index in [4.69, 9.17) is 4.74 Å². The van der Waals surface area contributed by atoms with E-state index in [9.17, 15) is 13.6 Å². The molecule has 8 heteroatoms. The van der Waals surface area contributed by atoms with Gasteiger partial charge in [-0.3, -0.25) is 4.79 Å². The van der Waals surface area contributed by atoms with Crippen LogP contribution in [0.15, 0.2) is 54.6 Å². The molecule has 0 unspecified atom stereocenters. The zero-order valence-corrected chi connectivity index (χ0v) is 14.4. The molecule has 3 aromatic rings. The van der Waals surface area contributed by atoms with Gasteiger partial charge in [-0.25, -0.2) is 8.78 Å². The van der Waals surface area contributed by atoms with Gasteiger partial charge in [-0.1, -0.05) is 12.1 Å². The molecule has 1 heterocycles. The Bertz CT molecular complexity index is 931. The Balaban J connectivity index is 1.59. The quantitative estimate of drug-likeness (QED) is 0.695. The molecule has 2 aromatic carbocycles. The molecule has 2 N–H and O–H groups in total. The standard InChI is InChI=1S/C19H16F2N4O2/c1-27-14-5-2-12(3-6-14)11-22-19(26)17-8-9-18(25-24-17)23-16-7-4-13(20)10-15(16)21/h2-10H,11H2,1H3,(H,22,26)(H,23,25). The van der Waals surface area contributed by atoms with Crippen molar-refractivity contribution in [2.75, 3.05) is 12.4 Å². The summed E-state index contributed by atoms with van der Waals surface area (Å²) in [5.41, 5.74) is 1.08. The molecule has 27 heavy (non-hydrogen) atoms. The van der Waals surface area contributed by atoms with E-state index in [0.717, 1.165) is 23.4 Å². The number of hydrogen-bond acceptors (Lipinski definition) is 5. The summed E-state index contributed by atoms with van der Waals surface area (Å²) in [6.45, 7) is 0.325. The van der Waals surface area contributed by atoms with Gasteiger partial charge >= 0.3 is 0 Å². The van der Waals surface area contributed by atoms with Gasteiger partial charge in [-0.15, -0.1) is 10.2 Å². The lowest BCUT2D eigenvalue weighted by Gasteiger charge is -2.08. The van der Waals surface area contributed by atoms with Crippen LogP contribution >= 0.6 is 0 Å². The Morgan fingerprint density at radius 3 is 2.44 bits per heavy atom. The molecule has 138 valence electrons. The molecular weight excluding hydrogens is 354 g/mol. The second-order valence-electron chi connectivity index (χ2n) is 5.58. The Morgan fingerprint density at radius 1 is 1.04 bits per heavy atom. The molecule has 0 bridgehead atoms. The van der Waals surface area contributed by atoms with Gasteiger partial charge in [0.15, 0.2) is 11.5 Å². The van der Waals surface area contributed by atoms with Gasteiger partial charge in [-0.05, 0) is 42.0 Å². The predicted octanol–water partition coefficient (Wildman–Crippen LogP) is 3.44. The molecule has 0 radical (unpaired) electrons. The first-order valence-electron chi connectivity index (χ1n) is 8.02. The minimum Gasteiger partial charge on any atom is -0.497 e. The normalized spacial score (nSPS) is 10.3. The van der Waals surface area contributed by atoms with Gasteiger partial charge in [0, 0.05) is 12.6 Å². The summed E-state index contributed by atoms with van der Waals surface area (Å²) in [6, 6.07) is 13.4. The van der Waals surface area contributed by atoms with Crippen molar-refractivity contribution in [2.45, 2.75) is 6.54 Å². The summed E-state index contributed by atoms with van der Waals surface area (Å²) in [5.74, 6) is -0.854. The molecular formula is C19H16F2N4O2. The van der Waals surface area contributed by atoms with Crippen LogP contribution in [-0.2, 0) is 6.54 Å². The number of halogens is 2. The fourth-order valence-electron chi connectivity index (χ4n) is 2.27. The lowest BCUT2D eigenvalue weighted by molar-refractivity contribution is 0.0945. The molecule has 0 spiro atoms. The number of nitrogens with zero attached hydrogens (tertiary/aromatic N) is 2. The fraction of sp³-hybridized carbons (Fsp3) is 0.105. The Kier molecular flexibility index (Phi) is 5.55. The molecule has 0 atom stereocenters. The fourth-order valence-corrected chi connectivity index (χ4v) is 2.27. The maximum atomic E-state index is 13.6. The van der Waals surface area contributed by atoms with Crippen molar-refractivity contribution < 1.29 is 18.3 Å². The summed E-state index contributed by atoms with van der Waals surface area (Å²) in [6.07, 6.45) is 0. The SMILES string of the molecule is COc1ccc(CNC(=O)c2ccc(Nc3ccc(F)cc3F)nn2)cc1. The highest BCUT2D eigenvalue weighted by Crippen LogP contribution is 2.19. The maximum absolute atomic E-state index is 13.6. The van der Waals surface area contributed by atoms with Crippen LogP contribution in [0.2, 0.25) is 0 Å². The van der Waals surface area contributed by atoms with Crippen molar-refractivity contribution in [1.29, 1.82) is 0 Å². The van der Waals surface area contributed by atoms with Crippen LogP contribution in [-0.4, -0.2) is 23.2 Å². The van der Waals surface area contributed by atoms with Crippen molar-refractivity contribution in [1.82, 2.24) is 15.5 Å². The average Bonchev–Trinajstić information content (AvgIpc) is 2.69. The molecule has 1 aromatic heterocycles. The summed E-state index contributed by atoms with van der Waals surface area (Å²) in [4.78, 5) is 12.1. The lowest BCUT2D eigenvalue weighted by Crippen LogP contribution is -2.24. The van der Waals surface area contributed by atoms with Crippen molar-refractivity contribution in [2.24, 2.45) is 0 Å². The molecule has 0 aliphatic rings. The number of carbonyl (C=O) groups is 1. The maximum Gasteiger partial charge on any atom is 0.272 e. The van der Waals surface area contributed by atoms with Crippen molar-refractivity contribution in [3.63, 3.8) is 0 Å². The van der Waals surface area contributed by atoms with Gasteiger partial charge in [-0.2, -0.15) is 0 Å². The number of nitrogens with one attached hydrogen (secondary N) is 2. The number of amides is 1. The number of ether oxygens (including phenoxy) is 1. The smallest absolute Gasteiger partial charge is 0.272 e. The minimum absolute atomic E-state index is 0.0578. The summed E-state index contributed by atoms with van der Waals surface area (Å²) >= 11 is 0. The summed E-state index contributed by atoms with van der Waals surface area (Å²) < 4.78 is 31.6. The molecule has 0 aliphatic heterocycles. The first-order valence-corrected chi connectivity index (χ1v) is 8.02. The number of hydrogen-bond donors (Lipinski definition) is 2. The van der Waals surface area contributed by atoms with Crippen LogP contribution in [0.1, 0.15) is 16.1 Å². The van der Waals surface area contributed by atoms with E-state index >= 15 is 0 Å². The van der Waals surface area contributed by atoms with Gasteiger partial charge in [0.2, 0.25) is 0 Å². The number of rotatable bonds is 6. The first-order chi connectivity index (χ1) is 13.0. The summed E-state index contributed by atoms with van der Waals surface area (Å²) in [5, 5.41) is 13.1.